The average molecular weight is 189 g/mol. The Morgan fingerprint density at radius 1 is 1.31 bits per heavy atom. The van der Waals surface area contributed by atoms with Crippen LogP contribution in [0.2, 0.25) is 0 Å². The number of ether oxygens (including phenoxy) is 2. The third-order valence-electron chi connectivity index (χ3n) is 2.56. The molecule has 3 heteroatoms. The lowest BCUT2D eigenvalue weighted by Gasteiger charge is -2.32. The summed E-state index contributed by atoms with van der Waals surface area (Å²) in [5, 5.41) is 3.27. The Balaban J connectivity index is 3.87. The van der Waals surface area contributed by atoms with E-state index in [1.165, 1.54) is 0 Å². The molecule has 0 rings (SSSR count). The molecule has 0 saturated heterocycles. The molecule has 1 unspecified atom stereocenters. The molecule has 0 spiro atoms. The molecule has 0 amide bonds. The van der Waals surface area contributed by atoms with Gasteiger partial charge in [0.2, 0.25) is 0 Å². The standard InChI is InChI=1S/C10H23NO2/c1-10(2,13-5)9(11-3)7-6-8-12-4/h9,11H,6-8H2,1-5H3. The maximum Gasteiger partial charge on any atom is 0.0774 e. The van der Waals surface area contributed by atoms with E-state index < -0.39 is 0 Å². The topological polar surface area (TPSA) is 30.5 Å². The first kappa shape index (κ1) is 12.9. The van der Waals surface area contributed by atoms with Gasteiger partial charge in [-0.25, -0.2) is 0 Å². The van der Waals surface area contributed by atoms with Crippen molar-refractivity contribution in [2.75, 3.05) is 27.9 Å². The Morgan fingerprint density at radius 2 is 1.92 bits per heavy atom. The van der Waals surface area contributed by atoms with Crippen molar-refractivity contribution in [1.29, 1.82) is 0 Å². The van der Waals surface area contributed by atoms with Gasteiger partial charge in [-0.15, -0.1) is 0 Å². The molecule has 0 saturated carbocycles. The van der Waals surface area contributed by atoms with E-state index in [0.29, 0.717) is 6.04 Å². The highest BCUT2D eigenvalue weighted by molar-refractivity contribution is 4.84. The molecule has 0 aromatic rings. The summed E-state index contributed by atoms with van der Waals surface area (Å²) in [6, 6.07) is 0.382. The minimum absolute atomic E-state index is 0.109. The zero-order valence-corrected chi connectivity index (χ0v) is 9.52. The number of nitrogens with one attached hydrogen (secondary N) is 1. The normalized spacial score (nSPS) is 14.5. The monoisotopic (exact) mass is 189 g/mol. The third-order valence-corrected chi connectivity index (χ3v) is 2.56. The molecule has 0 aliphatic heterocycles. The van der Waals surface area contributed by atoms with Gasteiger partial charge in [-0.1, -0.05) is 0 Å². The molecule has 0 radical (unpaired) electrons. The SMILES string of the molecule is CNC(CCCOC)C(C)(C)OC. The molecule has 80 valence electrons. The first-order valence-corrected chi connectivity index (χ1v) is 4.79. The van der Waals surface area contributed by atoms with Crippen LogP contribution in [0.4, 0.5) is 0 Å². The summed E-state index contributed by atoms with van der Waals surface area (Å²) in [4.78, 5) is 0. The van der Waals surface area contributed by atoms with Crippen molar-refractivity contribution in [3.63, 3.8) is 0 Å². The van der Waals surface area contributed by atoms with Crippen LogP contribution in [0.15, 0.2) is 0 Å². The summed E-state index contributed by atoms with van der Waals surface area (Å²) in [6.45, 7) is 5.01. The highest BCUT2D eigenvalue weighted by atomic mass is 16.5. The largest absolute Gasteiger partial charge is 0.385 e. The molecule has 0 aromatic carbocycles. The van der Waals surface area contributed by atoms with Crippen LogP contribution in [-0.2, 0) is 9.47 Å². The van der Waals surface area contributed by atoms with E-state index >= 15 is 0 Å². The second kappa shape index (κ2) is 6.35. The number of methoxy groups -OCH3 is 2. The Kier molecular flexibility index (Phi) is 6.29. The van der Waals surface area contributed by atoms with E-state index in [-0.39, 0.29) is 5.60 Å². The number of rotatable bonds is 7. The van der Waals surface area contributed by atoms with Crippen LogP contribution < -0.4 is 5.32 Å². The number of hydrogen-bond acceptors (Lipinski definition) is 3. The van der Waals surface area contributed by atoms with Gasteiger partial charge < -0.3 is 14.8 Å². The molecule has 13 heavy (non-hydrogen) atoms. The third kappa shape index (κ3) is 4.60. The van der Waals surface area contributed by atoms with E-state index in [2.05, 4.69) is 19.2 Å². The van der Waals surface area contributed by atoms with Gasteiger partial charge >= 0.3 is 0 Å². The summed E-state index contributed by atoms with van der Waals surface area (Å²) in [6.07, 6.45) is 2.14. The summed E-state index contributed by atoms with van der Waals surface area (Å²) in [5.41, 5.74) is -0.109. The molecule has 1 atom stereocenters. The summed E-state index contributed by atoms with van der Waals surface area (Å²) >= 11 is 0. The Morgan fingerprint density at radius 3 is 2.31 bits per heavy atom. The van der Waals surface area contributed by atoms with Gasteiger partial charge in [0.05, 0.1) is 5.60 Å². The molecule has 3 nitrogen and oxygen atoms in total. The van der Waals surface area contributed by atoms with E-state index in [4.69, 9.17) is 9.47 Å². The Hall–Kier alpha value is -0.120. The molecule has 0 fully saturated rings. The molecule has 0 aliphatic carbocycles. The minimum Gasteiger partial charge on any atom is -0.385 e. The van der Waals surface area contributed by atoms with Crippen LogP contribution >= 0.6 is 0 Å². The van der Waals surface area contributed by atoms with Crippen LogP contribution in [0, 0.1) is 0 Å². The highest BCUT2D eigenvalue weighted by Gasteiger charge is 2.27. The highest BCUT2D eigenvalue weighted by Crippen LogP contribution is 2.17. The molecule has 0 aliphatic rings. The van der Waals surface area contributed by atoms with Gasteiger partial charge in [-0.05, 0) is 33.7 Å². The van der Waals surface area contributed by atoms with Crippen molar-refractivity contribution in [2.24, 2.45) is 0 Å². The van der Waals surface area contributed by atoms with Crippen molar-refractivity contribution < 1.29 is 9.47 Å². The fraction of sp³-hybridized carbons (Fsp3) is 1.00. The van der Waals surface area contributed by atoms with E-state index in [1.807, 2.05) is 7.05 Å². The Bertz CT molecular complexity index is 126. The van der Waals surface area contributed by atoms with Crippen LogP contribution in [-0.4, -0.2) is 39.5 Å². The molecule has 0 heterocycles. The lowest BCUT2D eigenvalue weighted by molar-refractivity contribution is -0.0123. The van der Waals surface area contributed by atoms with Crippen molar-refractivity contribution in [2.45, 2.75) is 38.3 Å². The number of likely N-dealkylation sites (N-methyl/N-ethyl adjacent to an activating group) is 1. The molecular formula is C10H23NO2. The fourth-order valence-corrected chi connectivity index (χ4v) is 1.41. The van der Waals surface area contributed by atoms with Crippen molar-refractivity contribution >= 4 is 0 Å². The van der Waals surface area contributed by atoms with Crippen molar-refractivity contribution in [3.8, 4) is 0 Å². The van der Waals surface area contributed by atoms with Crippen LogP contribution in [0.1, 0.15) is 26.7 Å². The molecule has 0 bridgehead atoms. The maximum atomic E-state index is 5.42. The lowest BCUT2D eigenvalue weighted by atomic mass is 9.94. The molecule has 0 aromatic heterocycles. The fourth-order valence-electron chi connectivity index (χ4n) is 1.41. The predicted molar refractivity (Wildman–Crippen MR) is 55.0 cm³/mol. The lowest BCUT2D eigenvalue weighted by Crippen LogP contribution is -2.46. The summed E-state index contributed by atoms with van der Waals surface area (Å²) < 4.78 is 10.4. The minimum atomic E-state index is -0.109. The van der Waals surface area contributed by atoms with Gasteiger partial charge in [0.15, 0.2) is 0 Å². The quantitative estimate of drug-likeness (QED) is 0.614. The first-order chi connectivity index (χ1) is 6.08. The van der Waals surface area contributed by atoms with Gasteiger partial charge in [0, 0.05) is 26.9 Å². The van der Waals surface area contributed by atoms with Crippen LogP contribution in [0.25, 0.3) is 0 Å². The van der Waals surface area contributed by atoms with Gasteiger partial charge in [-0.2, -0.15) is 0 Å². The van der Waals surface area contributed by atoms with Crippen molar-refractivity contribution in [1.82, 2.24) is 5.32 Å². The Labute approximate surface area is 81.8 Å². The second-order valence-electron chi connectivity index (χ2n) is 3.78. The zero-order chi connectivity index (χ0) is 10.3. The van der Waals surface area contributed by atoms with Gasteiger partial charge in [-0.3, -0.25) is 0 Å². The first-order valence-electron chi connectivity index (χ1n) is 4.79. The van der Waals surface area contributed by atoms with Gasteiger partial charge in [0.25, 0.3) is 0 Å². The van der Waals surface area contributed by atoms with Crippen LogP contribution in [0.5, 0.6) is 0 Å². The predicted octanol–water partition coefficient (Wildman–Crippen LogP) is 1.43. The number of hydrogen-bond donors (Lipinski definition) is 1. The summed E-state index contributed by atoms with van der Waals surface area (Å²) in [7, 11) is 5.45. The van der Waals surface area contributed by atoms with E-state index in [9.17, 15) is 0 Å². The van der Waals surface area contributed by atoms with Crippen LogP contribution in [0.3, 0.4) is 0 Å². The zero-order valence-electron chi connectivity index (χ0n) is 9.52. The van der Waals surface area contributed by atoms with E-state index in [0.717, 1.165) is 19.4 Å². The van der Waals surface area contributed by atoms with E-state index in [1.54, 1.807) is 14.2 Å². The van der Waals surface area contributed by atoms with Gasteiger partial charge in [0.1, 0.15) is 0 Å². The molecular weight excluding hydrogens is 166 g/mol. The molecule has 1 N–H and O–H groups in total. The summed E-state index contributed by atoms with van der Waals surface area (Å²) in [5.74, 6) is 0. The maximum absolute atomic E-state index is 5.42. The second-order valence-corrected chi connectivity index (χ2v) is 3.78. The average Bonchev–Trinajstić information content (AvgIpc) is 2.12. The van der Waals surface area contributed by atoms with Crippen molar-refractivity contribution in [3.05, 3.63) is 0 Å². The smallest absolute Gasteiger partial charge is 0.0774 e.